The Kier molecular flexibility index (Phi) is 6.47. The van der Waals surface area contributed by atoms with E-state index in [0.29, 0.717) is 0 Å². The van der Waals surface area contributed by atoms with Gasteiger partial charge in [0.25, 0.3) is 5.91 Å². The average Bonchev–Trinajstić information content (AvgIpc) is 3.40. The van der Waals surface area contributed by atoms with E-state index in [-0.39, 0.29) is 52.9 Å². The number of hydrogen-bond acceptors (Lipinski definition) is 6. The van der Waals surface area contributed by atoms with Crippen LogP contribution in [0.25, 0.3) is 22.2 Å². The third-order valence-electron chi connectivity index (χ3n) is 8.03. The van der Waals surface area contributed by atoms with Crippen LogP contribution in [0.1, 0.15) is 41.4 Å². The lowest BCUT2D eigenvalue weighted by Gasteiger charge is -2.31. The summed E-state index contributed by atoms with van der Waals surface area (Å²) >= 11 is 0. The normalized spacial score (nSPS) is 20.1. The number of ether oxygens (including phenoxy) is 1. The molecule has 2 atom stereocenters. The van der Waals surface area contributed by atoms with Crippen LogP contribution in [0.15, 0.2) is 48.7 Å². The molecule has 44 heavy (non-hydrogen) atoms. The number of benzene rings is 2. The number of rotatable bonds is 7. The Hall–Kier alpha value is -4.66. The first-order valence-electron chi connectivity index (χ1n) is 13.3. The van der Waals surface area contributed by atoms with E-state index in [0.717, 1.165) is 35.0 Å². The van der Waals surface area contributed by atoms with Gasteiger partial charge in [0, 0.05) is 41.1 Å². The number of hydrogen-bond donors (Lipinski definition) is 3. The topological polar surface area (TPSA) is 132 Å². The van der Waals surface area contributed by atoms with Crippen LogP contribution in [-0.2, 0) is 21.6 Å². The smallest absolute Gasteiger partial charge is 0.424 e. The maximum absolute atomic E-state index is 14.8. The monoisotopic (exact) mass is 619 g/mol. The van der Waals surface area contributed by atoms with Crippen LogP contribution in [0, 0.1) is 11.6 Å². The number of amides is 2. The van der Waals surface area contributed by atoms with E-state index in [1.54, 1.807) is 0 Å². The van der Waals surface area contributed by atoms with Gasteiger partial charge in [0.05, 0.1) is 12.2 Å². The number of pyridine rings is 1. The quantitative estimate of drug-likeness (QED) is 0.267. The van der Waals surface area contributed by atoms with Crippen molar-refractivity contribution in [1.82, 2.24) is 20.1 Å². The number of halogens is 6. The van der Waals surface area contributed by atoms with E-state index in [1.165, 1.54) is 25.3 Å². The van der Waals surface area contributed by atoms with Gasteiger partial charge >= 0.3 is 6.18 Å². The van der Waals surface area contributed by atoms with Crippen molar-refractivity contribution in [3.8, 4) is 17.0 Å². The maximum atomic E-state index is 14.8. The number of nitrogens with two attached hydrogens (primary N) is 1. The summed E-state index contributed by atoms with van der Waals surface area (Å²) in [4.78, 5) is 29.3. The van der Waals surface area contributed by atoms with E-state index >= 15 is 0 Å². The molecule has 2 amide bonds. The van der Waals surface area contributed by atoms with Crippen molar-refractivity contribution in [3.05, 3.63) is 77.1 Å². The van der Waals surface area contributed by atoms with Gasteiger partial charge in [0.2, 0.25) is 17.3 Å². The molecule has 4 N–H and O–H groups in total. The lowest BCUT2D eigenvalue weighted by Crippen LogP contribution is -2.51. The fourth-order valence-electron chi connectivity index (χ4n) is 5.01. The Bertz CT molecular complexity index is 1840. The van der Waals surface area contributed by atoms with E-state index in [1.807, 2.05) is 5.32 Å². The zero-order chi connectivity index (χ0) is 31.8. The summed E-state index contributed by atoms with van der Waals surface area (Å²) in [5.41, 5.74) is -1.78. The molecule has 1 aliphatic carbocycles. The first kappa shape index (κ1) is 29.4. The molecular weight excluding hydrogens is 596 g/mol. The van der Waals surface area contributed by atoms with Crippen LogP contribution < -0.4 is 15.8 Å². The standard InChI is InChI=1S/C29H23F6N5O4/c1-26(25(36)42)13-44-23-18(26)10-20(38-22(23)14-2-4-17(30)5-3-14)28(43,29(33,34)35)12-37-24(41)15-8-16-11-40(27(32)6-7-27)39-21(16)19(31)9-15/h2-5,8-11,43H,6-7,12-13H2,1H3,(H2,36,42)(H,37,41)/t26-,28?/m0/s1. The number of primary amides is 1. The lowest BCUT2D eigenvalue weighted by atomic mass is 9.81. The van der Waals surface area contributed by atoms with Crippen LogP contribution in [-0.4, -0.2) is 51.0 Å². The molecule has 1 fully saturated rings. The van der Waals surface area contributed by atoms with Crippen LogP contribution in [0.4, 0.5) is 26.3 Å². The van der Waals surface area contributed by atoms with Crippen molar-refractivity contribution in [2.24, 2.45) is 5.73 Å². The maximum Gasteiger partial charge on any atom is 0.424 e. The summed E-state index contributed by atoms with van der Waals surface area (Å²) < 4.78 is 93.2. The van der Waals surface area contributed by atoms with E-state index in [4.69, 9.17) is 10.5 Å². The van der Waals surface area contributed by atoms with Crippen LogP contribution in [0.3, 0.4) is 0 Å². The highest BCUT2D eigenvalue weighted by atomic mass is 19.4. The first-order valence-corrected chi connectivity index (χ1v) is 13.3. The van der Waals surface area contributed by atoms with Gasteiger partial charge in [-0.05, 0) is 49.4 Å². The number of nitrogens with one attached hydrogen (secondary N) is 1. The number of fused-ring (bicyclic) bond motifs is 2. The molecular formula is C29H23F6N5O4. The molecule has 2 aromatic heterocycles. The minimum Gasteiger partial charge on any atom is -0.489 e. The van der Waals surface area contributed by atoms with E-state index in [2.05, 4.69) is 10.1 Å². The van der Waals surface area contributed by atoms with E-state index in [9.17, 15) is 41.0 Å². The summed E-state index contributed by atoms with van der Waals surface area (Å²) in [6.45, 7) is -0.481. The molecule has 0 radical (unpaired) electrons. The second-order valence-electron chi connectivity index (χ2n) is 11.2. The Morgan fingerprint density at radius 1 is 1.14 bits per heavy atom. The summed E-state index contributed by atoms with van der Waals surface area (Å²) in [7, 11) is 0. The van der Waals surface area contributed by atoms with Crippen LogP contribution in [0.2, 0.25) is 0 Å². The van der Waals surface area contributed by atoms with Crippen molar-refractivity contribution in [3.63, 3.8) is 0 Å². The number of nitrogens with zero attached hydrogens (tertiary/aromatic N) is 3. The second-order valence-corrected chi connectivity index (χ2v) is 11.2. The lowest BCUT2D eigenvalue weighted by molar-refractivity contribution is -0.265. The summed E-state index contributed by atoms with van der Waals surface area (Å²) in [5, 5.41) is 17.0. The number of carbonyl (C=O) groups excluding carboxylic acids is 2. The van der Waals surface area contributed by atoms with Crippen molar-refractivity contribution in [1.29, 1.82) is 0 Å². The molecule has 1 unspecified atom stereocenters. The van der Waals surface area contributed by atoms with Crippen LogP contribution >= 0.6 is 0 Å². The average molecular weight is 620 g/mol. The molecule has 4 aromatic rings. The zero-order valence-electron chi connectivity index (χ0n) is 22.8. The molecule has 2 aromatic carbocycles. The number of aliphatic hydroxyl groups is 1. The molecule has 0 spiro atoms. The third kappa shape index (κ3) is 4.62. The largest absolute Gasteiger partial charge is 0.489 e. The molecule has 0 saturated heterocycles. The Labute approximate surface area is 244 Å². The number of alkyl halides is 4. The third-order valence-corrected chi connectivity index (χ3v) is 8.03. The summed E-state index contributed by atoms with van der Waals surface area (Å²) in [5.74, 6) is -5.60. The van der Waals surface area contributed by atoms with E-state index < -0.39 is 64.2 Å². The molecule has 230 valence electrons. The fourth-order valence-corrected chi connectivity index (χ4v) is 5.01. The second kappa shape index (κ2) is 9.67. The molecule has 15 heteroatoms. The van der Waals surface area contributed by atoms with Crippen molar-refractivity contribution in [2.45, 2.75) is 42.8 Å². The predicted octanol–water partition coefficient (Wildman–Crippen LogP) is 4.11. The molecule has 1 aliphatic heterocycles. The highest BCUT2D eigenvalue weighted by molar-refractivity contribution is 5.98. The molecule has 3 heterocycles. The number of aromatic nitrogens is 3. The van der Waals surface area contributed by atoms with Gasteiger partial charge < -0.3 is 20.9 Å². The molecule has 0 bridgehead atoms. The van der Waals surface area contributed by atoms with Crippen molar-refractivity contribution < 1.29 is 45.8 Å². The van der Waals surface area contributed by atoms with Gasteiger partial charge in [-0.1, -0.05) is 0 Å². The molecule has 9 nitrogen and oxygen atoms in total. The van der Waals surface area contributed by atoms with Gasteiger partial charge in [-0.2, -0.15) is 18.3 Å². The Balaban J connectivity index is 1.39. The van der Waals surface area contributed by atoms with Gasteiger partial charge in [0.1, 0.15) is 34.8 Å². The summed E-state index contributed by atoms with van der Waals surface area (Å²) in [6.07, 6.45) is -3.90. The van der Waals surface area contributed by atoms with Gasteiger partial charge in [0.15, 0.2) is 5.82 Å². The van der Waals surface area contributed by atoms with Gasteiger partial charge in [-0.3, -0.25) is 9.59 Å². The highest BCUT2D eigenvalue weighted by Crippen LogP contribution is 2.48. The first-order chi connectivity index (χ1) is 20.6. The van der Waals surface area contributed by atoms with Crippen molar-refractivity contribution in [2.75, 3.05) is 13.2 Å². The minimum atomic E-state index is -5.44. The fraction of sp³-hybridized carbons (Fsp3) is 0.310. The molecule has 1 saturated carbocycles. The Morgan fingerprint density at radius 3 is 2.43 bits per heavy atom. The SMILES string of the molecule is C[C@]1(C(N)=O)COc2c1cc(C(O)(CNC(=O)c1cc(F)c3nn(C4(F)CC4)cc3c1)C(F)(F)F)nc2-c1ccc(F)cc1. The molecule has 6 rings (SSSR count). The minimum absolute atomic E-state index is 0.0418. The highest BCUT2D eigenvalue weighted by Gasteiger charge is 2.58. The summed E-state index contributed by atoms with van der Waals surface area (Å²) in [6, 6.07) is 7.20. The zero-order valence-corrected chi connectivity index (χ0v) is 22.8. The van der Waals surface area contributed by atoms with Crippen molar-refractivity contribution >= 4 is 22.7 Å². The number of carbonyl (C=O) groups is 2. The Morgan fingerprint density at radius 2 is 1.82 bits per heavy atom. The van der Waals surface area contributed by atoms with Gasteiger partial charge in [-0.15, -0.1) is 0 Å². The van der Waals surface area contributed by atoms with Crippen LogP contribution in [0.5, 0.6) is 5.75 Å². The molecule has 2 aliphatic rings. The predicted molar refractivity (Wildman–Crippen MR) is 142 cm³/mol. The van der Waals surface area contributed by atoms with Gasteiger partial charge in [-0.25, -0.2) is 22.8 Å².